The molecule has 146 valence electrons. The van der Waals surface area contributed by atoms with E-state index in [0.717, 1.165) is 12.3 Å². The lowest BCUT2D eigenvalue weighted by Gasteiger charge is -2.22. The van der Waals surface area contributed by atoms with E-state index in [1.54, 1.807) is 0 Å². The third-order valence-corrected chi connectivity index (χ3v) is 5.91. The lowest BCUT2D eigenvalue weighted by atomic mass is 9.96. The fraction of sp³-hybridized carbons (Fsp3) is 0.385. The number of rotatable bonds is 6. The second-order valence-corrected chi connectivity index (χ2v) is 7.96. The molecule has 1 fully saturated rings. The van der Waals surface area contributed by atoms with Crippen LogP contribution in [-0.4, -0.2) is 6.04 Å². The topological polar surface area (TPSA) is 21.3 Å². The summed E-state index contributed by atoms with van der Waals surface area (Å²) in [6, 6.07) is 24.0. The van der Waals surface area contributed by atoms with Gasteiger partial charge in [0.15, 0.2) is 0 Å². The van der Waals surface area contributed by atoms with Crippen LogP contribution in [0.5, 0.6) is 5.75 Å². The van der Waals surface area contributed by atoms with Crippen molar-refractivity contribution < 1.29 is 4.74 Å². The van der Waals surface area contributed by atoms with E-state index in [4.69, 9.17) is 4.74 Å². The highest BCUT2D eigenvalue weighted by molar-refractivity contribution is 5.87. The summed E-state index contributed by atoms with van der Waals surface area (Å²) in [5.74, 6) is 1.00. The fourth-order valence-electron chi connectivity index (χ4n) is 4.28. The Morgan fingerprint density at radius 3 is 2.29 bits per heavy atom. The Kier molecular flexibility index (Phi) is 6.62. The van der Waals surface area contributed by atoms with Gasteiger partial charge in [0.2, 0.25) is 0 Å². The molecular formula is C26H31NO. The highest BCUT2D eigenvalue weighted by Crippen LogP contribution is 2.29. The zero-order valence-corrected chi connectivity index (χ0v) is 16.7. The third-order valence-electron chi connectivity index (χ3n) is 5.91. The summed E-state index contributed by atoms with van der Waals surface area (Å²) < 4.78 is 6.28. The second kappa shape index (κ2) is 9.75. The molecular weight excluding hydrogens is 342 g/mol. The summed E-state index contributed by atoms with van der Waals surface area (Å²) in [5, 5.41) is 6.44. The summed E-state index contributed by atoms with van der Waals surface area (Å²) in [7, 11) is 0. The number of hydrogen-bond acceptors (Lipinski definition) is 2. The van der Waals surface area contributed by atoms with Crippen LogP contribution in [0, 0.1) is 0 Å². The predicted molar refractivity (Wildman–Crippen MR) is 118 cm³/mol. The van der Waals surface area contributed by atoms with Crippen LogP contribution in [0.1, 0.15) is 56.1 Å². The lowest BCUT2D eigenvalue weighted by molar-refractivity contribution is 0.301. The van der Waals surface area contributed by atoms with Gasteiger partial charge in [0.25, 0.3) is 0 Å². The van der Waals surface area contributed by atoms with Gasteiger partial charge in [-0.05, 0) is 35.2 Å². The van der Waals surface area contributed by atoms with Crippen LogP contribution in [0.3, 0.4) is 0 Å². The SMILES string of the molecule is c1ccc(COc2ccc3ccccc3c2CNC2CCCCCCC2)cc1. The summed E-state index contributed by atoms with van der Waals surface area (Å²) in [6.07, 6.45) is 9.48. The van der Waals surface area contributed by atoms with Crippen molar-refractivity contribution in [2.75, 3.05) is 0 Å². The van der Waals surface area contributed by atoms with E-state index >= 15 is 0 Å². The molecule has 0 spiro atoms. The molecule has 3 aromatic carbocycles. The van der Waals surface area contributed by atoms with E-state index < -0.39 is 0 Å². The summed E-state index contributed by atoms with van der Waals surface area (Å²) in [6.45, 7) is 1.48. The number of hydrogen-bond donors (Lipinski definition) is 1. The van der Waals surface area contributed by atoms with Crippen molar-refractivity contribution in [2.45, 2.75) is 64.1 Å². The normalized spacial score (nSPS) is 15.9. The van der Waals surface area contributed by atoms with Crippen LogP contribution in [0.25, 0.3) is 10.8 Å². The Morgan fingerprint density at radius 1 is 0.750 bits per heavy atom. The largest absolute Gasteiger partial charge is 0.489 e. The van der Waals surface area contributed by atoms with Gasteiger partial charge in [0, 0.05) is 18.2 Å². The standard InChI is InChI=1S/C26H31NO/c1-2-7-14-23(15-8-3-1)27-19-25-24-16-10-9-13-22(24)17-18-26(25)28-20-21-11-5-4-6-12-21/h4-6,9-13,16-18,23,27H,1-3,7-8,14-15,19-20H2. The van der Waals surface area contributed by atoms with E-state index in [-0.39, 0.29) is 0 Å². The number of fused-ring (bicyclic) bond motifs is 1. The average Bonchev–Trinajstić information content (AvgIpc) is 2.72. The van der Waals surface area contributed by atoms with Gasteiger partial charge in [0.1, 0.15) is 12.4 Å². The number of nitrogens with one attached hydrogen (secondary N) is 1. The number of ether oxygens (including phenoxy) is 1. The third kappa shape index (κ3) is 4.94. The maximum atomic E-state index is 6.28. The monoisotopic (exact) mass is 373 g/mol. The highest BCUT2D eigenvalue weighted by atomic mass is 16.5. The molecule has 0 saturated heterocycles. The first-order valence-electron chi connectivity index (χ1n) is 10.8. The van der Waals surface area contributed by atoms with Crippen LogP contribution >= 0.6 is 0 Å². The van der Waals surface area contributed by atoms with Gasteiger partial charge in [-0.15, -0.1) is 0 Å². The van der Waals surface area contributed by atoms with Crippen molar-refractivity contribution in [3.63, 3.8) is 0 Å². The molecule has 2 nitrogen and oxygen atoms in total. The van der Waals surface area contributed by atoms with E-state index in [1.165, 1.54) is 66.8 Å². The Hall–Kier alpha value is -2.32. The molecule has 1 aliphatic rings. The van der Waals surface area contributed by atoms with Gasteiger partial charge in [-0.25, -0.2) is 0 Å². The maximum Gasteiger partial charge on any atom is 0.124 e. The molecule has 1 saturated carbocycles. The van der Waals surface area contributed by atoms with Crippen LogP contribution < -0.4 is 10.1 Å². The van der Waals surface area contributed by atoms with Gasteiger partial charge < -0.3 is 10.1 Å². The van der Waals surface area contributed by atoms with Gasteiger partial charge in [-0.2, -0.15) is 0 Å². The van der Waals surface area contributed by atoms with Crippen molar-refractivity contribution in [1.29, 1.82) is 0 Å². The quantitative estimate of drug-likeness (QED) is 0.524. The molecule has 0 bridgehead atoms. The molecule has 1 N–H and O–H groups in total. The van der Waals surface area contributed by atoms with Gasteiger partial charge in [-0.1, -0.05) is 92.8 Å². The molecule has 0 atom stereocenters. The first-order chi connectivity index (χ1) is 13.9. The van der Waals surface area contributed by atoms with Crippen LogP contribution in [0.2, 0.25) is 0 Å². The van der Waals surface area contributed by atoms with Crippen molar-refractivity contribution in [3.05, 3.63) is 77.9 Å². The zero-order valence-electron chi connectivity index (χ0n) is 16.7. The predicted octanol–water partition coefficient (Wildman–Crippen LogP) is 6.62. The zero-order chi connectivity index (χ0) is 19.0. The highest BCUT2D eigenvalue weighted by Gasteiger charge is 2.14. The van der Waals surface area contributed by atoms with Crippen molar-refractivity contribution in [1.82, 2.24) is 5.32 Å². The summed E-state index contributed by atoms with van der Waals surface area (Å²) in [4.78, 5) is 0. The van der Waals surface area contributed by atoms with Crippen molar-refractivity contribution in [3.8, 4) is 5.75 Å². The van der Waals surface area contributed by atoms with Crippen molar-refractivity contribution in [2.24, 2.45) is 0 Å². The van der Waals surface area contributed by atoms with Crippen LogP contribution in [-0.2, 0) is 13.2 Å². The van der Waals surface area contributed by atoms with Crippen molar-refractivity contribution >= 4 is 10.8 Å². The lowest BCUT2D eigenvalue weighted by Crippen LogP contribution is -2.29. The molecule has 0 aliphatic heterocycles. The fourth-order valence-corrected chi connectivity index (χ4v) is 4.28. The molecule has 2 heteroatoms. The minimum atomic E-state index is 0.607. The Balaban J connectivity index is 1.53. The Morgan fingerprint density at radius 2 is 1.46 bits per heavy atom. The first kappa shape index (κ1) is 19.0. The maximum absolute atomic E-state index is 6.28. The molecule has 28 heavy (non-hydrogen) atoms. The van der Waals surface area contributed by atoms with E-state index in [1.807, 2.05) is 6.07 Å². The van der Waals surface area contributed by atoms with Gasteiger partial charge >= 0.3 is 0 Å². The first-order valence-corrected chi connectivity index (χ1v) is 10.8. The van der Waals surface area contributed by atoms with E-state index in [9.17, 15) is 0 Å². The number of benzene rings is 3. The molecule has 0 heterocycles. The van der Waals surface area contributed by atoms with E-state index in [0.29, 0.717) is 12.6 Å². The smallest absolute Gasteiger partial charge is 0.124 e. The minimum Gasteiger partial charge on any atom is -0.489 e. The molecule has 0 unspecified atom stereocenters. The molecule has 4 rings (SSSR count). The van der Waals surface area contributed by atoms with Crippen LogP contribution in [0.4, 0.5) is 0 Å². The minimum absolute atomic E-state index is 0.607. The average molecular weight is 374 g/mol. The van der Waals surface area contributed by atoms with Gasteiger partial charge in [0.05, 0.1) is 0 Å². The Bertz CT molecular complexity index is 866. The molecule has 0 radical (unpaired) electrons. The molecule has 3 aromatic rings. The summed E-state index contributed by atoms with van der Waals surface area (Å²) >= 11 is 0. The summed E-state index contributed by atoms with van der Waals surface area (Å²) in [5.41, 5.74) is 2.49. The Labute approximate surface area is 168 Å². The van der Waals surface area contributed by atoms with Gasteiger partial charge in [-0.3, -0.25) is 0 Å². The molecule has 0 amide bonds. The molecule has 0 aromatic heterocycles. The second-order valence-electron chi connectivity index (χ2n) is 7.96. The molecule has 1 aliphatic carbocycles. The van der Waals surface area contributed by atoms with E-state index in [2.05, 4.69) is 66.0 Å². The van der Waals surface area contributed by atoms with Crippen LogP contribution in [0.15, 0.2) is 66.7 Å².